The Labute approximate surface area is 168 Å². The van der Waals surface area contributed by atoms with E-state index in [1.807, 2.05) is 19.1 Å². The van der Waals surface area contributed by atoms with Gasteiger partial charge in [-0.25, -0.2) is 0 Å². The van der Waals surface area contributed by atoms with Crippen molar-refractivity contribution in [2.45, 2.75) is 32.3 Å². The van der Waals surface area contributed by atoms with Crippen molar-refractivity contribution in [3.8, 4) is 11.5 Å². The molecule has 0 aliphatic carbocycles. The highest BCUT2D eigenvalue weighted by Gasteiger charge is 2.14. The molecule has 0 bridgehead atoms. The summed E-state index contributed by atoms with van der Waals surface area (Å²) in [6.45, 7) is 5.29. The SMILES string of the molecule is C=C(CO)/C(=C/CO)C(O)CC/C(=C/c1cc(I)c(O)c(OC)c1)CC. The minimum absolute atomic E-state index is 0.125. The molecule has 1 unspecified atom stereocenters. The maximum Gasteiger partial charge on any atom is 0.171 e. The average Bonchev–Trinajstić information content (AvgIpc) is 2.64. The van der Waals surface area contributed by atoms with Crippen LogP contribution < -0.4 is 4.74 Å². The standard InChI is InChI=1S/C20H27IO5/c1-4-14(5-6-18(24)16(7-8-22)13(2)12-23)9-15-10-17(21)20(25)19(11-15)26-3/h7,9-11,18,22-25H,2,4-6,8,12H2,1,3H3/b14-9+,16-7-. The number of aliphatic hydroxyl groups is 3. The van der Waals surface area contributed by atoms with Gasteiger partial charge in [-0.1, -0.05) is 31.2 Å². The molecule has 0 fully saturated rings. The number of methoxy groups -OCH3 is 1. The Morgan fingerprint density at radius 3 is 2.58 bits per heavy atom. The molecule has 26 heavy (non-hydrogen) atoms. The number of ether oxygens (including phenoxy) is 1. The van der Waals surface area contributed by atoms with Gasteiger partial charge < -0.3 is 25.2 Å². The van der Waals surface area contributed by atoms with Crippen LogP contribution in [0.3, 0.4) is 0 Å². The molecule has 4 N–H and O–H groups in total. The Bertz CT molecular complexity index is 679. The third kappa shape index (κ3) is 6.42. The van der Waals surface area contributed by atoms with E-state index in [0.29, 0.717) is 33.3 Å². The van der Waals surface area contributed by atoms with E-state index in [-0.39, 0.29) is 19.0 Å². The minimum atomic E-state index is -0.800. The molecule has 0 saturated carbocycles. The predicted octanol–water partition coefficient (Wildman–Crippen LogP) is 3.41. The van der Waals surface area contributed by atoms with Crippen LogP contribution in [0.15, 0.2) is 41.5 Å². The van der Waals surface area contributed by atoms with Crippen molar-refractivity contribution < 1.29 is 25.2 Å². The van der Waals surface area contributed by atoms with Gasteiger partial charge >= 0.3 is 0 Å². The Morgan fingerprint density at radius 2 is 2.04 bits per heavy atom. The Kier molecular flexibility index (Phi) is 9.93. The molecule has 5 nitrogen and oxygen atoms in total. The zero-order valence-electron chi connectivity index (χ0n) is 15.2. The lowest BCUT2D eigenvalue weighted by Gasteiger charge is -2.17. The van der Waals surface area contributed by atoms with Gasteiger partial charge in [0.05, 0.1) is 30.0 Å². The first-order valence-electron chi connectivity index (χ1n) is 8.41. The van der Waals surface area contributed by atoms with Crippen LogP contribution in [0.1, 0.15) is 31.7 Å². The van der Waals surface area contributed by atoms with Crippen molar-refractivity contribution in [1.82, 2.24) is 0 Å². The van der Waals surface area contributed by atoms with E-state index >= 15 is 0 Å². The van der Waals surface area contributed by atoms with Crippen LogP contribution in [-0.2, 0) is 0 Å². The number of allylic oxidation sites excluding steroid dienone is 1. The van der Waals surface area contributed by atoms with E-state index in [2.05, 4.69) is 29.2 Å². The summed E-state index contributed by atoms with van der Waals surface area (Å²) in [5.74, 6) is 0.547. The van der Waals surface area contributed by atoms with E-state index < -0.39 is 6.10 Å². The smallest absolute Gasteiger partial charge is 0.171 e. The molecule has 0 spiro atoms. The van der Waals surface area contributed by atoms with Crippen molar-refractivity contribution in [2.24, 2.45) is 0 Å². The van der Waals surface area contributed by atoms with E-state index in [9.17, 15) is 15.3 Å². The quantitative estimate of drug-likeness (QED) is 0.308. The molecule has 0 aliphatic rings. The predicted molar refractivity (Wildman–Crippen MR) is 112 cm³/mol. The van der Waals surface area contributed by atoms with Gasteiger partial charge in [0, 0.05) is 0 Å². The van der Waals surface area contributed by atoms with Crippen molar-refractivity contribution in [3.63, 3.8) is 0 Å². The van der Waals surface area contributed by atoms with Crippen LogP contribution in [0.5, 0.6) is 11.5 Å². The number of benzene rings is 1. The summed E-state index contributed by atoms with van der Waals surface area (Å²) in [4.78, 5) is 0. The molecule has 6 heteroatoms. The van der Waals surface area contributed by atoms with Crippen LogP contribution in [0.25, 0.3) is 6.08 Å². The number of aliphatic hydroxyl groups excluding tert-OH is 3. The third-order valence-corrected chi connectivity index (χ3v) is 4.93. The topological polar surface area (TPSA) is 90.2 Å². The van der Waals surface area contributed by atoms with Gasteiger partial charge in [-0.2, -0.15) is 0 Å². The summed E-state index contributed by atoms with van der Waals surface area (Å²) in [6, 6.07) is 3.64. The molecule has 0 aromatic heterocycles. The van der Waals surface area contributed by atoms with Gasteiger partial charge in [0.1, 0.15) is 0 Å². The van der Waals surface area contributed by atoms with Crippen LogP contribution in [0.4, 0.5) is 0 Å². The van der Waals surface area contributed by atoms with Gasteiger partial charge in [0.2, 0.25) is 0 Å². The van der Waals surface area contributed by atoms with Crippen molar-refractivity contribution in [3.05, 3.63) is 50.6 Å². The summed E-state index contributed by atoms with van der Waals surface area (Å²) in [5, 5.41) is 38.6. The molecule has 0 radical (unpaired) electrons. The van der Waals surface area contributed by atoms with E-state index in [4.69, 9.17) is 9.84 Å². The normalized spacial score (nSPS) is 13.6. The van der Waals surface area contributed by atoms with E-state index in [0.717, 1.165) is 17.6 Å². The maximum absolute atomic E-state index is 10.4. The van der Waals surface area contributed by atoms with E-state index in [1.165, 1.54) is 13.2 Å². The Balaban J connectivity index is 2.93. The monoisotopic (exact) mass is 474 g/mol. The number of hydrogen-bond acceptors (Lipinski definition) is 5. The lowest BCUT2D eigenvalue weighted by atomic mass is 9.95. The number of aromatic hydroxyl groups is 1. The zero-order valence-corrected chi connectivity index (χ0v) is 17.4. The van der Waals surface area contributed by atoms with Crippen molar-refractivity contribution in [2.75, 3.05) is 20.3 Å². The van der Waals surface area contributed by atoms with Gasteiger partial charge in [-0.3, -0.25) is 0 Å². The maximum atomic E-state index is 10.4. The highest BCUT2D eigenvalue weighted by atomic mass is 127. The third-order valence-electron chi connectivity index (χ3n) is 4.10. The van der Waals surface area contributed by atoms with Gasteiger partial charge in [-0.15, -0.1) is 0 Å². The molecule has 0 heterocycles. The van der Waals surface area contributed by atoms with Gasteiger partial charge in [0.25, 0.3) is 0 Å². The lowest BCUT2D eigenvalue weighted by Crippen LogP contribution is -2.14. The Hall–Kier alpha value is -1.35. The molecule has 0 amide bonds. The van der Waals surface area contributed by atoms with E-state index in [1.54, 1.807) is 6.07 Å². The fraction of sp³-hybridized carbons (Fsp3) is 0.400. The number of halogens is 1. The molecular weight excluding hydrogens is 447 g/mol. The molecule has 1 rings (SSSR count). The van der Waals surface area contributed by atoms with Gasteiger partial charge in [-0.05, 0) is 70.7 Å². The number of phenols is 1. The molecule has 1 atom stereocenters. The van der Waals surface area contributed by atoms with Crippen LogP contribution in [0.2, 0.25) is 0 Å². The highest BCUT2D eigenvalue weighted by molar-refractivity contribution is 14.1. The van der Waals surface area contributed by atoms with Crippen molar-refractivity contribution in [1.29, 1.82) is 0 Å². The van der Waals surface area contributed by atoms with Crippen LogP contribution >= 0.6 is 22.6 Å². The molecule has 0 aliphatic heterocycles. The van der Waals surface area contributed by atoms with Crippen molar-refractivity contribution >= 4 is 28.7 Å². The molecule has 1 aromatic rings. The minimum Gasteiger partial charge on any atom is -0.504 e. The molecule has 0 saturated heterocycles. The van der Waals surface area contributed by atoms with Crippen LogP contribution in [-0.4, -0.2) is 46.9 Å². The lowest BCUT2D eigenvalue weighted by molar-refractivity contribution is 0.197. The second-order valence-electron chi connectivity index (χ2n) is 5.87. The first-order valence-corrected chi connectivity index (χ1v) is 9.49. The number of phenolic OH excluding ortho intramolecular Hbond substituents is 1. The summed E-state index contributed by atoms with van der Waals surface area (Å²) in [7, 11) is 1.51. The Morgan fingerprint density at radius 1 is 1.35 bits per heavy atom. The summed E-state index contributed by atoms with van der Waals surface area (Å²) < 4.78 is 5.89. The fourth-order valence-corrected chi connectivity index (χ4v) is 3.23. The second kappa shape index (κ2) is 11.4. The molecular formula is C20H27IO5. The van der Waals surface area contributed by atoms with Gasteiger partial charge in [0.15, 0.2) is 11.5 Å². The average molecular weight is 474 g/mol. The number of rotatable bonds is 10. The largest absolute Gasteiger partial charge is 0.504 e. The zero-order chi connectivity index (χ0) is 19.7. The first kappa shape index (κ1) is 22.7. The first-order chi connectivity index (χ1) is 12.4. The molecule has 144 valence electrons. The highest BCUT2D eigenvalue weighted by Crippen LogP contribution is 2.33. The fourth-order valence-electron chi connectivity index (χ4n) is 2.60. The summed E-state index contributed by atoms with van der Waals surface area (Å²) >= 11 is 2.06. The summed E-state index contributed by atoms with van der Waals surface area (Å²) in [5.41, 5.74) is 2.93. The summed E-state index contributed by atoms with van der Waals surface area (Å²) in [6.07, 6.45) is 4.62. The second-order valence-corrected chi connectivity index (χ2v) is 7.03. The molecule has 1 aromatic carbocycles. The number of hydrogen-bond donors (Lipinski definition) is 4. The van der Waals surface area contributed by atoms with Crippen LogP contribution in [0, 0.1) is 3.57 Å².